The predicted molar refractivity (Wildman–Crippen MR) is 77.9 cm³/mol. The topological polar surface area (TPSA) is 63.7 Å². The summed E-state index contributed by atoms with van der Waals surface area (Å²) in [6.45, 7) is 7.54. The lowest BCUT2D eigenvalue weighted by Crippen LogP contribution is -2.55. The lowest BCUT2D eigenvalue weighted by atomic mass is 9.73. The first-order chi connectivity index (χ1) is 9.70. The normalized spacial score (nSPS) is 27.2. The maximum atomic E-state index is 12.5. The first kappa shape index (κ1) is 16.0. The average molecular weight is 295 g/mol. The second-order valence-corrected chi connectivity index (χ2v) is 7.14. The molecule has 0 aromatic carbocycles. The molecular weight excluding hydrogens is 270 g/mol. The first-order valence-corrected chi connectivity index (χ1v) is 7.77. The van der Waals surface area contributed by atoms with E-state index in [0.29, 0.717) is 6.54 Å². The van der Waals surface area contributed by atoms with E-state index in [-0.39, 0.29) is 23.9 Å². The third kappa shape index (κ3) is 3.44. The summed E-state index contributed by atoms with van der Waals surface area (Å²) in [7, 11) is 0. The number of piperidine rings is 1. The summed E-state index contributed by atoms with van der Waals surface area (Å²) < 4.78 is 5.38. The molecule has 0 bridgehead atoms. The van der Waals surface area contributed by atoms with Crippen LogP contribution in [0.25, 0.3) is 0 Å². The van der Waals surface area contributed by atoms with Crippen molar-refractivity contribution < 1.29 is 19.1 Å². The van der Waals surface area contributed by atoms with E-state index < -0.39 is 23.7 Å². The van der Waals surface area contributed by atoms with Gasteiger partial charge in [0, 0.05) is 24.9 Å². The standard InChI is InChI=1S/C16H25NO4/c1-10-13(14(19)11-6-5-7-11)12(18)8-9-17(10)15(20)21-16(2,3)4/h10-11,13H,5-9H2,1-4H3. The van der Waals surface area contributed by atoms with Crippen molar-refractivity contribution in [3.63, 3.8) is 0 Å². The lowest BCUT2D eigenvalue weighted by Gasteiger charge is -2.40. The molecule has 0 N–H and O–H groups in total. The number of ether oxygens (including phenoxy) is 1. The van der Waals surface area contributed by atoms with Gasteiger partial charge in [0.25, 0.3) is 0 Å². The molecule has 5 nitrogen and oxygen atoms in total. The minimum absolute atomic E-state index is 0.0139. The van der Waals surface area contributed by atoms with Crippen molar-refractivity contribution in [2.24, 2.45) is 11.8 Å². The molecule has 2 fully saturated rings. The lowest BCUT2D eigenvalue weighted by molar-refractivity contribution is -0.142. The van der Waals surface area contributed by atoms with E-state index in [0.717, 1.165) is 19.3 Å². The maximum Gasteiger partial charge on any atom is 0.410 e. The largest absolute Gasteiger partial charge is 0.444 e. The molecule has 0 radical (unpaired) electrons. The van der Waals surface area contributed by atoms with Crippen molar-refractivity contribution >= 4 is 17.7 Å². The number of hydrogen-bond donors (Lipinski definition) is 0. The molecular formula is C16H25NO4. The number of rotatable bonds is 2. The molecule has 2 atom stereocenters. The van der Waals surface area contributed by atoms with Crippen LogP contribution in [0, 0.1) is 11.8 Å². The monoisotopic (exact) mass is 295 g/mol. The molecule has 2 aliphatic rings. The van der Waals surface area contributed by atoms with Gasteiger partial charge in [0.05, 0.1) is 5.92 Å². The van der Waals surface area contributed by atoms with Crippen molar-refractivity contribution in [1.82, 2.24) is 4.90 Å². The van der Waals surface area contributed by atoms with Gasteiger partial charge in [-0.15, -0.1) is 0 Å². The van der Waals surface area contributed by atoms with Crippen LogP contribution < -0.4 is 0 Å². The summed E-state index contributed by atoms with van der Waals surface area (Å²) in [5.41, 5.74) is -0.578. The highest BCUT2D eigenvalue weighted by Gasteiger charge is 2.44. The van der Waals surface area contributed by atoms with Crippen LogP contribution in [-0.2, 0) is 14.3 Å². The number of carbonyl (C=O) groups is 3. The number of nitrogens with zero attached hydrogens (tertiary/aromatic N) is 1. The molecule has 2 unspecified atom stereocenters. The zero-order valence-corrected chi connectivity index (χ0v) is 13.3. The fraction of sp³-hybridized carbons (Fsp3) is 0.812. The summed E-state index contributed by atoms with van der Waals surface area (Å²) in [6, 6.07) is -0.408. The van der Waals surface area contributed by atoms with Crippen LogP contribution in [-0.4, -0.2) is 40.7 Å². The van der Waals surface area contributed by atoms with Gasteiger partial charge in [-0.1, -0.05) is 6.42 Å². The van der Waals surface area contributed by atoms with Crippen LogP contribution >= 0.6 is 0 Å². The van der Waals surface area contributed by atoms with Gasteiger partial charge in [-0.2, -0.15) is 0 Å². The van der Waals surface area contributed by atoms with Crippen LogP contribution in [0.4, 0.5) is 4.79 Å². The Morgan fingerprint density at radius 3 is 2.33 bits per heavy atom. The van der Waals surface area contributed by atoms with Gasteiger partial charge in [-0.3, -0.25) is 9.59 Å². The third-order valence-corrected chi connectivity index (χ3v) is 4.36. The van der Waals surface area contributed by atoms with E-state index >= 15 is 0 Å². The van der Waals surface area contributed by atoms with E-state index in [9.17, 15) is 14.4 Å². The first-order valence-electron chi connectivity index (χ1n) is 7.77. The van der Waals surface area contributed by atoms with E-state index in [1.54, 1.807) is 6.92 Å². The molecule has 1 saturated heterocycles. The number of likely N-dealkylation sites (tertiary alicyclic amines) is 1. The Balaban J connectivity index is 2.09. The molecule has 0 spiro atoms. The molecule has 1 amide bonds. The molecule has 1 aliphatic heterocycles. The second-order valence-electron chi connectivity index (χ2n) is 7.14. The van der Waals surface area contributed by atoms with Gasteiger partial charge in [0.2, 0.25) is 0 Å². The zero-order valence-electron chi connectivity index (χ0n) is 13.3. The Morgan fingerprint density at radius 2 is 1.86 bits per heavy atom. The zero-order chi connectivity index (χ0) is 15.8. The van der Waals surface area contributed by atoms with Crippen molar-refractivity contribution in [3.05, 3.63) is 0 Å². The average Bonchev–Trinajstić information content (AvgIpc) is 2.23. The smallest absolute Gasteiger partial charge is 0.410 e. The fourth-order valence-corrected chi connectivity index (χ4v) is 2.96. The molecule has 1 saturated carbocycles. The van der Waals surface area contributed by atoms with Crippen molar-refractivity contribution in [3.8, 4) is 0 Å². The van der Waals surface area contributed by atoms with Gasteiger partial charge in [-0.05, 0) is 40.5 Å². The van der Waals surface area contributed by atoms with Gasteiger partial charge in [0.15, 0.2) is 0 Å². The number of carbonyl (C=O) groups excluding carboxylic acids is 3. The minimum Gasteiger partial charge on any atom is -0.444 e. The van der Waals surface area contributed by atoms with Crippen LogP contribution in [0.5, 0.6) is 0 Å². The Morgan fingerprint density at radius 1 is 1.24 bits per heavy atom. The van der Waals surface area contributed by atoms with Gasteiger partial charge in [-0.25, -0.2) is 4.79 Å². The number of Topliss-reactive ketones (excluding diaryl/α,β-unsaturated/α-hetero) is 2. The number of ketones is 2. The molecule has 0 aromatic heterocycles. The van der Waals surface area contributed by atoms with Crippen LogP contribution in [0.1, 0.15) is 53.4 Å². The highest BCUT2D eigenvalue weighted by Crippen LogP contribution is 2.34. The summed E-state index contributed by atoms with van der Waals surface area (Å²) in [5.74, 6) is -0.664. The highest BCUT2D eigenvalue weighted by atomic mass is 16.6. The fourth-order valence-electron chi connectivity index (χ4n) is 2.96. The Bertz CT molecular complexity index is 448. The van der Waals surface area contributed by atoms with Crippen LogP contribution in [0.15, 0.2) is 0 Å². The number of amides is 1. The summed E-state index contributed by atoms with van der Waals surface area (Å²) in [5, 5.41) is 0. The molecule has 1 heterocycles. The third-order valence-electron chi connectivity index (χ3n) is 4.36. The Labute approximate surface area is 126 Å². The number of hydrogen-bond acceptors (Lipinski definition) is 4. The van der Waals surface area contributed by atoms with Gasteiger partial charge in [0.1, 0.15) is 17.2 Å². The second kappa shape index (κ2) is 5.78. The molecule has 118 valence electrons. The van der Waals surface area contributed by atoms with Gasteiger partial charge < -0.3 is 9.64 Å². The van der Waals surface area contributed by atoms with Crippen molar-refractivity contribution in [1.29, 1.82) is 0 Å². The van der Waals surface area contributed by atoms with Gasteiger partial charge >= 0.3 is 6.09 Å². The molecule has 21 heavy (non-hydrogen) atoms. The quantitative estimate of drug-likeness (QED) is 0.734. The van der Waals surface area contributed by atoms with Crippen LogP contribution in [0.3, 0.4) is 0 Å². The van der Waals surface area contributed by atoms with Crippen molar-refractivity contribution in [2.75, 3.05) is 6.54 Å². The van der Waals surface area contributed by atoms with E-state index in [1.165, 1.54) is 4.90 Å². The molecule has 0 aromatic rings. The van der Waals surface area contributed by atoms with Crippen LogP contribution in [0.2, 0.25) is 0 Å². The Kier molecular flexibility index (Phi) is 4.40. The molecule has 1 aliphatic carbocycles. The highest BCUT2D eigenvalue weighted by molar-refractivity contribution is 6.05. The van der Waals surface area contributed by atoms with E-state index in [1.807, 2.05) is 20.8 Å². The molecule has 5 heteroatoms. The van der Waals surface area contributed by atoms with Crippen molar-refractivity contribution in [2.45, 2.75) is 65.0 Å². The summed E-state index contributed by atoms with van der Waals surface area (Å²) in [6.07, 6.45) is 2.62. The predicted octanol–water partition coefficient (Wildman–Crippen LogP) is 2.57. The van der Waals surface area contributed by atoms with E-state index in [2.05, 4.69) is 0 Å². The molecule has 2 rings (SSSR count). The van der Waals surface area contributed by atoms with E-state index in [4.69, 9.17) is 4.74 Å². The minimum atomic E-state index is -0.670. The summed E-state index contributed by atoms with van der Waals surface area (Å²) >= 11 is 0. The summed E-state index contributed by atoms with van der Waals surface area (Å²) in [4.78, 5) is 38.4. The maximum absolute atomic E-state index is 12.5. The Hall–Kier alpha value is -1.39. The SMILES string of the molecule is CC1C(C(=O)C2CCC2)C(=O)CCN1C(=O)OC(C)(C)C.